The Bertz CT molecular complexity index is 954. The summed E-state index contributed by atoms with van der Waals surface area (Å²) in [6, 6.07) is 14.3. The quantitative estimate of drug-likeness (QED) is 0.587. The van der Waals surface area contributed by atoms with E-state index in [1.807, 2.05) is 30.9 Å². The Balaban J connectivity index is 1.61. The molecule has 2 N–H and O–H groups in total. The van der Waals surface area contributed by atoms with Gasteiger partial charge in [0, 0.05) is 24.5 Å². The highest BCUT2D eigenvalue weighted by atomic mass is 35.5. The van der Waals surface area contributed by atoms with E-state index in [0.29, 0.717) is 31.8 Å². The van der Waals surface area contributed by atoms with Crippen molar-refractivity contribution < 1.29 is 14.7 Å². The second kappa shape index (κ2) is 10.6. The Morgan fingerprint density at radius 2 is 1.76 bits per heavy atom. The fraction of sp³-hybridized carbons (Fsp3) is 0.481. The van der Waals surface area contributed by atoms with Crippen LogP contribution in [-0.4, -0.2) is 41.0 Å². The summed E-state index contributed by atoms with van der Waals surface area (Å²) >= 11 is 6.06. The van der Waals surface area contributed by atoms with Gasteiger partial charge in [-0.2, -0.15) is 0 Å². The molecule has 1 heterocycles. The number of aryl methyl sites for hydroxylation is 1. The van der Waals surface area contributed by atoms with Gasteiger partial charge in [0.15, 0.2) is 0 Å². The Kier molecular flexibility index (Phi) is 8.06. The number of hydrogen-bond donors (Lipinski definition) is 2. The molecule has 1 fully saturated rings. The number of rotatable bonds is 7. The first-order valence-corrected chi connectivity index (χ1v) is 12.1. The summed E-state index contributed by atoms with van der Waals surface area (Å²) in [6.07, 6.45) is 1.73. The maximum Gasteiger partial charge on any atom is 0.245 e. The molecule has 0 bridgehead atoms. The lowest BCUT2D eigenvalue weighted by Gasteiger charge is -2.45. The number of hydrogen-bond acceptors (Lipinski definition) is 3. The molecular weight excluding hydrogens is 436 g/mol. The number of likely N-dealkylation sites (tertiary alicyclic amines) is 1. The zero-order valence-corrected chi connectivity index (χ0v) is 20.7. The van der Waals surface area contributed by atoms with Crippen LogP contribution < -0.4 is 5.32 Å². The molecule has 6 heteroatoms. The van der Waals surface area contributed by atoms with Gasteiger partial charge < -0.3 is 15.3 Å². The lowest BCUT2D eigenvalue weighted by molar-refractivity contribution is -0.140. The lowest BCUT2D eigenvalue weighted by Crippen LogP contribution is -2.55. The molecule has 2 amide bonds. The van der Waals surface area contributed by atoms with Gasteiger partial charge in [0.1, 0.15) is 11.8 Å². The molecule has 0 unspecified atom stereocenters. The van der Waals surface area contributed by atoms with E-state index in [1.54, 1.807) is 24.3 Å². The molecule has 2 atom stereocenters. The molecule has 178 valence electrons. The number of nitrogens with one attached hydrogen (secondary N) is 1. The Labute approximate surface area is 202 Å². The molecule has 5 nitrogen and oxygen atoms in total. The number of carbonyl (C=O) groups excluding carboxylic acids is 2. The monoisotopic (exact) mass is 470 g/mol. The summed E-state index contributed by atoms with van der Waals surface area (Å²) in [5.74, 6) is 0.399. The number of amides is 2. The minimum atomic E-state index is -0.541. The van der Waals surface area contributed by atoms with E-state index >= 15 is 0 Å². The van der Waals surface area contributed by atoms with Crippen LogP contribution in [0.5, 0.6) is 5.75 Å². The summed E-state index contributed by atoms with van der Waals surface area (Å²) < 4.78 is 0. The van der Waals surface area contributed by atoms with E-state index < -0.39 is 6.04 Å². The van der Waals surface area contributed by atoms with Gasteiger partial charge in [0.2, 0.25) is 11.8 Å². The van der Waals surface area contributed by atoms with Crippen LogP contribution in [0.15, 0.2) is 48.5 Å². The van der Waals surface area contributed by atoms with Gasteiger partial charge in [-0.3, -0.25) is 9.59 Å². The highest BCUT2D eigenvalue weighted by molar-refractivity contribution is 6.30. The van der Waals surface area contributed by atoms with Gasteiger partial charge in [-0.15, -0.1) is 0 Å². The van der Waals surface area contributed by atoms with Crippen LogP contribution in [0.25, 0.3) is 0 Å². The van der Waals surface area contributed by atoms with Gasteiger partial charge in [-0.1, -0.05) is 63.6 Å². The van der Waals surface area contributed by atoms with Crippen molar-refractivity contribution in [3.05, 3.63) is 64.7 Å². The topological polar surface area (TPSA) is 69.6 Å². The average molecular weight is 471 g/mol. The minimum absolute atomic E-state index is 0.00720. The highest BCUT2D eigenvalue weighted by Crippen LogP contribution is 2.42. The number of aromatic hydroxyl groups is 1. The summed E-state index contributed by atoms with van der Waals surface area (Å²) in [4.78, 5) is 28.0. The van der Waals surface area contributed by atoms with Crippen molar-refractivity contribution in [3.8, 4) is 5.75 Å². The molecule has 1 aliphatic heterocycles. The standard InChI is InChI=1S/C27H35ClN2O3/c1-18(2)25(29-24(32)14-7-19-5-12-22(31)13-6-19)26(33)30-16-15-23(27(3,4)17-30)20-8-10-21(28)11-9-20/h5-6,8-13,18,23,25,31H,7,14-17H2,1-4H3,(H,29,32)/t23-,25-/m1/s1. The predicted molar refractivity (Wildman–Crippen MR) is 132 cm³/mol. The van der Waals surface area contributed by atoms with E-state index in [4.69, 9.17) is 11.6 Å². The molecule has 0 spiro atoms. The maximum atomic E-state index is 13.4. The SMILES string of the molecule is CC(C)[C@@H](NC(=O)CCc1ccc(O)cc1)C(=O)N1CC[C@H](c2ccc(Cl)cc2)C(C)(C)C1. The first-order chi connectivity index (χ1) is 15.6. The van der Waals surface area contributed by atoms with Crippen LogP contribution in [0.4, 0.5) is 0 Å². The van der Waals surface area contributed by atoms with Crippen molar-refractivity contribution in [1.82, 2.24) is 10.2 Å². The molecule has 33 heavy (non-hydrogen) atoms. The third kappa shape index (κ3) is 6.50. The van der Waals surface area contributed by atoms with Crippen LogP contribution in [0.3, 0.4) is 0 Å². The molecule has 2 aromatic rings. The average Bonchev–Trinajstić information content (AvgIpc) is 2.76. The second-order valence-electron chi connectivity index (χ2n) is 10.1. The molecule has 0 radical (unpaired) electrons. The first kappa shape index (κ1) is 25.1. The third-order valence-electron chi connectivity index (χ3n) is 6.64. The van der Waals surface area contributed by atoms with E-state index in [9.17, 15) is 14.7 Å². The number of nitrogens with zero attached hydrogens (tertiary/aromatic N) is 1. The Morgan fingerprint density at radius 3 is 2.33 bits per heavy atom. The summed E-state index contributed by atoms with van der Waals surface area (Å²) in [7, 11) is 0. The normalized spacial score (nSPS) is 18.7. The van der Waals surface area contributed by atoms with Crippen LogP contribution in [0.1, 0.15) is 57.6 Å². The van der Waals surface area contributed by atoms with Crippen LogP contribution >= 0.6 is 11.6 Å². The summed E-state index contributed by atoms with van der Waals surface area (Å²) in [5.41, 5.74) is 2.13. The minimum Gasteiger partial charge on any atom is -0.508 e. The maximum absolute atomic E-state index is 13.4. The van der Waals surface area contributed by atoms with Gasteiger partial charge in [-0.25, -0.2) is 0 Å². The number of piperidine rings is 1. The van der Waals surface area contributed by atoms with Gasteiger partial charge in [-0.05, 0) is 65.5 Å². The van der Waals surface area contributed by atoms with E-state index in [0.717, 1.165) is 17.0 Å². The second-order valence-corrected chi connectivity index (χ2v) is 10.5. The van der Waals surface area contributed by atoms with Gasteiger partial charge in [0.05, 0.1) is 0 Å². The zero-order chi connectivity index (χ0) is 24.2. The smallest absolute Gasteiger partial charge is 0.245 e. The van der Waals surface area contributed by atoms with E-state index in [1.165, 1.54) is 5.56 Å². The molecular formula is C27H35ClN2O3. The predicted octanol–water partition coefficient (Wildman–Crippen LogP) is 5.16. The molecule has 0 aliphatic carbocycles. The Hall–Kier alpha value is -2.53. The van der Waals surface area contributed by atoms with Crippen molar-refractivity contribution >= 4 is 23.4 Å². The molecule has 0 saturated carbocycles. The number of benzene rings is 2. The van der Waals surface area contributed by atoms with Crippen molar-refractivity contribution in [3.63, 3.8) is 0 Å². The van der Waals surface area contributed by atoms with Crippen molar-refractivity contribution in [2.24, 2.45) is 11.3 Å². The number of carbonyl (C=O) groups is 2. The molecule has 1 saturated heterocycles. The first-order valence-electron chi connectivity index (χ1n) is 11.7. The number of phenolic OH excluding ortho intramolecular Hbond substituents is 1. The van der Waals surface area contributed by atoms with Crippen LogP contribution in [0.2, 0.25) is 5.02 Å². The summed E-state index contributed by atoms with van der Waals surface area (Å²) in [6.45, 7) is 9.65. The van der Waals surface area contributed by atoms with Crippen molar-refractivity contribution in [2.45, 2.75) is 58.9 Å². The van der Waals surface area contributed by atoms with E-state index in [2.05, 4.69) is 31.3 Å². The fourth-order valence-electron chi connectivity index (χ4n) is 4.73. The van der Waals surface area contributed by atoms with Crippen LogP contribution in [0, 0.1) is 11.3 Å². The molecule has 0 aromatic heterocycles. The van der Waals surface area contributed by atoms with Crippen molar-refractivity contribution in [2.75, 3.05) is 13.1 Å². The lowest BCUT2D eigenvalue weighted by atomic mass is 9.70. The van der Waals surface area contributed by atoms with Gasteiger partial charge >= 0.3 is 0 Å². The largest absolute Gasteiger partial charge is 0.508 e. The highest BCUT2D eigenvalue weighted by Gasteiger charge is 2.40. The zero-order valence-electron chi connectivity index (χ0n) is 20.0. The fourth-order valence-corrected chi connectivity index (χ4v) is 4.86. The number of phenols is 1. The Morgan fingerprint density at radius 1 is 1.12 bits per heavy atom. The third-order valence-corrected chi connectivity index (χ3v) is 6.89. The summed E-state index contributed by atoms with van der Waals surface area (Å²) in [5, 5.41) is 13.1. The molecule has 2 aromatic carbocycles. The van der Waals surface area contributed by atoms with Gasteiger partial charge in [0.25, 0.3) is 0 Å². The van der Waals surface area contributed by atoms with Crippen LogP contribution in [-0.2, 0) is 16.0 Å². The molecule has 1 aliphatic rings. The number of halogens is 1. The van der Waals surface area contributed by atoms with E-state index in [-0.39, 0.29) is 28.9 Å². The molecule has 3 rings (SSSR count). The van der Waals surface area contributed by atoms with Crippen molar-refractivity contribution in [1.29, 1.82) is 0 Å².